The molecule has 0 atom stereocenters. The van der Waals surface area contributed by atoms with Crippen LogP contribution in [-0.2, 0) is 16.0 Å². The molecule has 108 valence electrons. The smallest absolute Gasteiger partial charge is 0.211 e. The van der Waals surface area contributed by atoms with Crippen LogP contribution in [0, 0.1) is 0 Å². The highest BCUT2D eigenvalue weighted by molar-refractivity contribution is 5.83. The van der Waals surface area contributed by atoms with Crippen molar-refractivity contribution in [2.75, 3.05) is 36.5 Å². The van der Waals surface area contributed by atoms with Crippen molar-refractivity contribution >= 4 is 17.8 Å². The van der Waals surface area contributed by atoms with E-state index in [0.29, 0.717) is 6.41 Å². The topological polar surface area (TPSA) is 50.8 Å². The number of benzene rings is 1. The third kappa shape index (κ3) is 2.45. The molecule has 3 rings (SSSR count). The van der Waals surface area contributed by atoms with Gasteiger partial charge in [0.2, 0.25) is 6.41 Å². The number of nitrogens with zero attached hydrogens (tertiary/aromatic N) is 1. The summed E-state index contributed by atoms with van der Waals surface area (Å²) < 4.78 is 11.3. The van der Waals surface area contributed by atoms with E-state index < -0.39 is 0 Å². The van der Waals surface area contributed by atoms with Gasteiger partial charge < -0.3 is 19.7 Å². The number of morpholine rings is 1. The number of anilines is 2. The monoisotopic (exact) mass is 276 g/mol. The Bertz CT molecular complexity index is 522. The minimum atomic E-state index is -0.176. The Morgan fingerprint density at radius 3 is 2.75 bits per heavy atom. The first-order chi connectivity index (χ1) is 9.59. The number of ether oxygens (including phenoxy) is 2. The Kier molecular flexibility index (Phi) is 3.30. The lowest BCUT2D eigenvalue weighted by atomic mass is 10.0. The summed E-state index contributed by atoms with van der Waals surface area (Å²) in [6.45, 7) is 7.29. The maximum Gasteiger partial charge on any atom is 0.211 e. The molecule has 1 N–H and O–H groups in total. The number of carbonyl (C=O) groups is 1. The van der Waals surface area contributed by atoms with Crippen molar-refractivity contribution in [3.8, 4) is 5.75 Å². The van der Waals surface area contributed by atoms with Crippen LogP contribution in [0.3, 0.4) is 0 Å². The van der Waals surface area contributed by atoms with Crippen LogP contribution < -0.4 is 15.0 Å². The number of nitrogens with one attached hydrogen (secondary N) is 1. The van der Waals surface area contributed by atoms with E-state index in [1.54, 1.807) is 0 Å². The van der Waals surface area contributed by atoms with Crippen molar-refractivity contribution < 1.29 is 14.3 Å². The molecule has 0 aromatic heterocycles. The van der Waals surface area contributed by atoms with Gasteiger partial charge in [-0.3, -0.25) is 4.79 Å². The Morgan fingerprint density at radius 2 is 2.05 bits per heavy atom. The Morgan fingerprint density at radius 1 is 1.30 bits per heavy atom. The van der Waals surface area contributed by atoms with E-state index in [1.165, 1.54) is 5.56 Å². The molecule has 1 saturated heterocycles. The van der Waals surface area contributed by atoms with Crippen molar-refractivity contribution in [2.45, 2.75) is 25.9 Å². The van der Waals surface area contributed by atoms with Gasteiger partial charge in [-0.05, 0) is 19.9 Å². The minimum Gasteiger partial charge on any atom is -0.487 e. The number of hydrogen-bond acceptors (Lipinski definition) is 4. The molecule has 1 aromatic carbocycles. The summed E-state index contributed by atoms with van der Waals surface area (Å²) in [6.07, 6.45) is 1.60. The third-order valence-corrected chi connectivity index (χ3v) is 3.75. The molecular weight excluding hydrogens is 256 g/mol. The summed E-state index contributed by atoms with van der Waals surface area (Å²) in [5, 5.41) is 2.79. The van der Waals surface area contributed by atoms with Crippen LogP contribution in [0.5, 0.6) is 5.75 Å². The first-order valence-corrected chi connectivity index (χ1v) is 6.98. The molecule has 5 heteroatoms. The van der Waals surface area contributed by atoms with Crippen molar-refractivity contribution in [3.05, 3.63) is 17.7 Å². The van der Waals surface area contributed by atoms with E-state index in [-0.39, 0.29) is 5.60 Å². The molecule has 2 aliphatic rings. The fraction of sp³-hybridized carbons (Fsp3) is 0.533. The second kappa shape index (κ2) is 4.98. The van der Waals surface area contributed by atoms with Crippen LogP contribution in [-0.4, -0.2) is 38.3 Å². The lowest BCUT2D eigenvalue weighted by Gasteiger charge is -2.30. The molecular formula is C15H20N2O3. The second-order valence-electron chi connectivity index (χ2n) is 5.88. The van der Waals surface area contributed by atoms with Crippen molar-refractivity contribution in [3.63, 3.8) is 0 Å². The Hall–Kier alpha value is -1.75. The summed E-state index contributed by atoms with van der Waals surface area (Å²) in [4.78, 5) is 13.1. The molecule has 1 aromatic rings. The molecule has 0 radical (unpaired) electrons. The van der Waals surface area contributed by atoms with Gasteiger partial charge in [-0.15, -0.1) is 0 Å². The highest BCUT2D eigenvalue weighted by Gasteiger charge is 2.31. The zero-order valence-electron chi connectivity index (χ0n) is 11.9. The average Bonchev–Trinajstić information content (AvgIpc) is 2.72. The predicted molar refractivity (Wildman–Crippen MR) is 77.6 cm³/mol. The SMILES string of the molecule is CC1(C)Cc2cc(N3CCOCC3)c(NC=O)cc2O1. The summed E-state index contributed by atoms with van der Waals surface area (Å²) in [7, 11) is 0. The molecule has 0 bridgehead atoms. The number of amides is 1. The van der Waals surface area contributed by atoms with Crippen molar-refractivity contribution in [1.82, 2.24) is 0 Å². The summed E-state index contributed by atoms with van der Waals surface area (Å²) in [5.74, 6) is 0.872. The normalized spacial score (nSPS) is 20.2. The Balaban J connectivity index is 1.97. The summed E-state index contributed by atoms with van der Waals surface area (Å²) in [6, 6.07) is 4.07. The number of hydrogen-bond donors (Lipinski definition) is 1. The quantitative estimate of drug-likeness (QED) is 0.855. The zero-order valence-corrected chi connectivity index (χ0v) is 11.9. The van der Waals surface area contributed by atoms with Gasteiger partial charge in [-0.1, -0.05) is 0 Å². The van der Waals surface area contributed by atoms with Gasteiger partial charge >= 0.3 is 0 Å². The largest absolute Gasteiger partial charge is 0.487 e. The number of rotatable bonds is 3. The standard InChI is InChI=1S/C15H20N2O3/c1-15(2)9-11-7-13(17-3-5-19-6-4-17)12(16-10-18)8-14(11)20-15/h7-8,10H,3-6,9H2,1-2H3,(H,16,18). The van der Waals surface area contributed by atoms with E-state index in [2.05, 4.69) is 30.1 Å². The minimum absolute atomic E-state index is 0.176. The van der Waals surface area contributed by atoms with Gasteiger partial charge in [0.1, 0.15) is 11.4 Å². The van der Waals surface area contributed by atoms with Gasteiger partial charge in [0, 0.05) is 31.1 Å². The number of fused-ring (bicyclic) bond motifs is 1. The highest BCUT2D eigenvalue weighted by Crippen LogP contribution is 2.41. The Labute approximate surface area is 118 Å². The molecule has 2 heterocycles. The number of carbonyl (C=O) groups excluding carboxylic acids is 1. The van der Waals surface area contributed by atoms with Crippen LogP contribution in [0.15, 0.2) is 12.1 Å². The summed E-state index contributed by atoms with van der Waals surface area (Å²) in [5.41, 5.74) is 2.89. The van der Waals surface area contributed by atoms with Gasteiger partial charge in [0.15, 0.2) is 0 Å². The van der Waals surface area contributed by atoms with E-state index in [4.69, 9.17) is 9.47 Å². The van der Waals surface area contributed by atoms with Crippen LogP contribution in [0.25, 0.3) is 0 Å². The molecule has 1 amide bonds. The molecule has 0 spiro atoms. The van der Waals surface area contributed by atoms with E-state index in [1.807, 2.05) is 6.07 Å². The van der Waals surface area contributed by atoms with Crippen LogP contribution in [0.4, 0.5) is 11.4 Å². The second-order valence-corrected chi connectivity index (χ2v) is 5.88. The predicted octanol–water partition coefficient (Wildman–Crippen LogP) is 1.80. The molecule has 1 fully saturated rings. The maximum absolute atomic E-state index is 10.8. The molecule has 0 saturated carbocycles. The van der Waals surface area contributed by atoms with E-state index in [9.17, 15) is 4.79 Å². The van der Waals surface area contributed by atoms with Gasteiger partial charge in [-0.25, -0.2) is 0 Å². The maximum atomic E-state index is 10.8. The summed E-state index contributed by atoms with van der Waals surface area (Å²) >= 11 is 0. The molecule has 0 aliphatic carbocycles. The van der Waals surface area contributed by atoms with Crippen molar-refractivity contribution in [2.24, 2.45) is 0 Å². The lowest BCUT2D eigenvalue weighted by Crippen LogP contribution is -2.36. The van der Waals surface area contributed by atoms with Gasteiger partial charge in [-0.2, -0.15) is 0 Å². The van der Waals surface area contributed by atoms with Gasteiger partial charge in [0.05, 0.1) is 24.6 Å². The third-order valence-electron chi connectivity index (χ3n) is 3.75. The highest BCUT2D eigenvalue weighted by atomic mass is 16.5. The fourth-order valence-corrected chi connectivity index (χ4v) is 2.88. The van der Waals surface area contributed by atoms with E-state index >= 15 is 0 Å². The molecule has 5 nitrogen and oxygen atoms in total. The lowest BCUT2D eigenvalue weighted by molar-refractivity contribution is -0.105. The van der Waals surface area contributed by atoms with E-state index in [0.717, 1.165) is 49.8 Å². The van der Waals surface area contributed by atoms with Crippen LogP contribution in [0.1, 0.15) is 19.4 Å². The average molecular weight is 276 g/mol. The van der Waals surface area contributed by atoms with Gasteiger partial charge in [0.25, 0.3) is 0 Å². The first kappa shape index (κ1) is 13.2. The fourth-order valence-electron chi connectivity index (χ4n) is 2.88. The zero-order chi connectivity index (χ0) is 14.2. The van der Waals surface area contributed by atoms with Crippen LogP contribution >= 0.6 is 0 Å². The van der Waals surface area contributed by atoms with Crippen LogP contribution in [0.2, 0.25) is 0 Å². The van der Waals surface area contributed by atoms with Crippen molar-refractivity contribution in [1.29, 1.82) is 0 Å². The molecule has 2 aliphatic heterocycles. The molecule has 0 unspecified atom stereocenters. The molecule has 20 heavy (non-hydrogen) atoms. The first-order valence-electron chi connectivity index (χ1n) is 6.98.